The van der Waals surface area contributed by atoms with Crippen LogP contribution in [-0.4, -0.2) is 60.7 Å². The van der Waals surface area contributed by atoms with E-state index in [4.69, 9.17) is 14.3 Å². The van der Waals surface area contributed by atoms with Gasteiger partial charge in [0, 0.05) is 44.1 Å². The SMILES string of the molecule is CCNC(=NCC1(CCO)CCOC1)NCCCc1nc(C(C)C)no1. The Kier molecular flexibility index (Phi) is 8.31. The maximum Gasteiger partial charge on any atom is 0.226 e. The summed E-state index contributed by atoms with van der Waals surface area (Å²) in [6, 6.07) is 0. The summed E-state index contributed by atoms with van der Waals surface area (Å²) < 4.78 is 10.8. The number of aliphatic hydroxyl groups is 1. The van der Waals surface area contributed by atoms with Crippen molar-refractivity contribution >= 4 is 5.96 Å². The van der Waals surface area contributed by atoms with Gasteiger partial charge in [-0.1, -0.05) is 19.0 Å². The largest absolute Gasteiger partial charge is 0.396 e. The van der Waals surface area contributed by atoms with Crippen LogP contribution in [0.25, 0.3) is 0 Å². The minimum Gasteiger partial charge on any atom is -0.396 e. The maximum atomic E-state index is 9.32. The Balaban J connectivity index is 1.79. The van der Waals surface area contributed by atoms with Gasteiger partial charge in [-0.2, -0.15) is 4.98 Å². The van der Waals surface area contributed by atoms with Gasteiger partial charge in [0.15, 0.2) is 11.8 Å². The molecule has 8 nitrogen and oxygen atoms in total. The van der Waals surface area contributed by atoms with Gasteiger partial charge in [-0.05, 0) is 26.2 Å². The Bertz CT molecular complexity index is 553. The molecule has 3 N–H and O–H groups in total. The van der Waals surface area contributed by atoms with E-state index in [9.17, 15) is 5.11 Å². The van der Waals surface area contributed by atoms with Crippen LogP contribution in [0.2, 0.25) is 0 Å². The van der Waals surface area contributed by atoms with Crippen molar-refractivity contribution in [2.75, 3.05) is 39.5 Å². The molecule has 1 unspecified atom stereocenters. The molecule has 8 heteroatoms. The summed E-state index contributed by atoms with van der Waals surface area (Å²) in [6.07, 6.45) is 3.31. The van der Waals surface area contributed by atoms with Crippen LogP contribution in [0.3, 0.4) is 0 Å². The van der Waals surface area contributed by atoms with Crippen LogP contribution in [0.1, 0.15) is 57.7 Å². The van der Waals surface area contributed by atoms with Gasteiger partial charge >= 0.3 is 0 Å². The predicted octanol–water partition coefficient (Wildman–Crippen LogP) is 1.47. The summed E-state index contributed by atoms with van der Waals surface area (Å²) in [5.74, 6) is 2.52. The van der Waals surface area contributed by atoms with Crippen molar-refractivity contribution in [1.82, 2.24) is 20.8 Å². The van der Waals surface area contributed by atoms with Crippen LogP contribution in [0.4, 0.5) is 0 Å². The molecule has 2 heterocycles. The Morgan fingerprint density at radius 2 is 2.23 bits per heavy atom. The first-order valence-electron chi connectivity index (χ1n) is 9.62. The fourth-order valence-corrected chi connectivity index (χ4v) is 2.93. The average Bonchev–Trinajstić information content (AvgIpc) is 3.27. The molecule has 1 aromatic rings. The second kappa shape index (κ2) is 10.5. The summed E-state index contributed by atoms with van der Waals surface area (Å²) in [6.45, 7) is 9.98. The third-order valence-corrected chi connectivity index (χ3v) is 4.60. The molecular weight excluding hydrogens is 334 g/mol. The van der Waals surface area contributed by atoms with Crippen LogP contribution < -0.4 is 10.6 Å². The van der Waals surface area contributed by atoms with E-state index in [1.807, 2.05) is 20.8 Å². The van der Waals surface area contributed by atoms with Crippen molar-refractivity contribution in [2.45, 2.75) is 52.4 Å². The Hall–Kier alpha value is -1.67. The zero-order valence-electron chi connectivity index (χ0n) is 16.3. The average molecular weight is 367 g/mol. The van der Waals surface area contributed by atoms with E-state index in [0.717, 1.165) is 57.2 Å². The molecule has 26 heavy (non-hydrogen) atoms. The number of hydrogen-bond donors (Lipinski definition) is 3. The van der Waals surface area contributed by atoms with Gasteiger partial charge in [-0.3, -0.25) is 4.99 Å². The third-order valence-electron chi connectivity index (χ3n) is 4.60. The molecule has 1 aromatic heterocycles. The van der Waals surface area contributed by atoms with Crippen LogP contribution in [0.15, 0.2) is 9.52 Å². The van der Waals surface area contributed by atoms with E-state index in [2.05, 4.69) is 20.8 Å². The first kappa shape index (κ1) is 20.6. The molecule has 1 saturated heterocycles. The molecule has 0 aromatic carbocycles. The lowest BCUT2D eigenvalue weighted by Crippen LogP contribution is -2.39. The number of aryl methyl sites for hydroxylation is 1. The number of guanidine groups is 1. The lowest BCUT2D eigenvalue weighted by molar-refractivity contribution is 0.131. The molecule has 0 radical (unpaired) electrons. The Morgan fingerprint density at radius 3 is 2.85 bits per heavy atom. The number of rotatable bonds is 10. The highest BCUT2D eigenvalue weighted by Gasteiger charge is 2.34. The van der Waals surface area contributed by atoms with Gasteiger partial charge in [-0.25, -0.2) is 0 Å². The number of nitrogens with one attached hydrogen (secondary N) is 2. The second-order valence-electron chi connectivity index (χ2n) is 7.20. The molecule has 0 aliphatic carbocycles. The Morgan fingerprint density at radius 1 is 1.38 bits per heavy atom. The normalized spacial score (nSPS) is 20.7. The number of ether oxygens (including phenoxy) is 1. The summed E-state index contributed by atoms with van der Waals surface area (Å²) >= 11 is 0. The summed E-state index contributed by atoms with van der Waals surface area (Å²) in [4.78, 5) is 9.10. The molecule has 0 amide bonds. The second-order valence-corrected chi connectivity index (χ2v) is 7.20. The van der Waals surface area contributed by atoms with Crippen molar-refractivity contribution < 1.29 is 14.4 Å². The van der Waals surface area contributed by atoms with E-state index in [0.29, 0.717) is 19.0 Å². The molecule has 1 atom stereocenters. The van der Waals surface area contributed by atoms with E-state index < -0.39 is 0 Å². The monoisotopic (exact) mass is 367 g/mol. The van der Waals surface area contributed by atoms with Gasteiger partial charge in [0.2, 0.25) is 5.89 Å². The molecule has 0 saturated carbocycles. The van der Waals surface area contributed by atoms with E-state index >= 15 is 0 Å². The zero-order chi connectivity index (χ0) is 18.8. The molecule has 0 spiro atoms. The predicted molar refractivity (Wildman–Crippen MR) is 100 cm³/mol. The van der Waals surface area contributed by atoms with Gasteiger partial charge < -0.3 is 25.0 Å². The topological polar surface area (TPSA) is 105 Å². The lowest BCUT2D eigenvalue weighted by Gasteiger charge is -2.24. The number of aliphatic hydroxyl groups excluding tert-OH is 1. The van der Waals surface area contributed by atoms with Crippen molar-refractivity contribution in [2.24, 2.45) is 10.4 Å². The van der Waals surface area contributed by atoms with Crippen molar-refractivity contribution in [3.05, 3.63) is 11.7 Å². The Labute approximate surface area is 155 Å². The van der Waals surface area contributed by atoms with Gasteiger partial charge in [-0.15, -0.1) is 0 Å². The lowest BCUT2D eigenvalue weighted by atomic mass is 9.84. The van der Waals surface area contributed by atoms with Crippen molar-refractivity contribution in [1.29, 1.82) is 0 Å². The molecule has 1 aliphatic rings. The summed E-state index contributed by atoms with van der Waals surface area (Å²) in [7, 11) is 0. The van der Waals surface area contributed by atoms with E-state index in [1.165, 1.54) is 0 Å². The standard InChI is InChI=1S/C18H33N5O3/c1-4-19-17(21-12-18(7-10-24)8-11-25-13-18)20-9-5-6-15-22-16(14(2)3)23-26-15/h14,24H,4-13H2,1-3H3,(H2,19,20,21). The van der Waals surface area contributed by atoms with Crippen LogP contribution in [0.5, 0.6) is 0 Å². The first-order chi connectivity index (χ1) is 12.6. The van der Waals surface area contributed by atoms with Crippen LogP contribution in [-0.2, 0) is 11.2 Å². The molecule has 1 aliphatic heterocycles. The zero-order valence-corrected chi connectivity index (χ0v) is 16.3. The first-order valence-corrected chi connectivity index (χ1v) is 9.62. The molecular formula is C18H33N5O3. The van der Waals surface area contributed by atoms with Crippen molar-refractivity contribution in [3.8, 4) is 0 Å². The minimum atomic E-state index is -0.0336. The maximum absolute atomic E-state index is 9.32. The highest BCUT2D eigenvalue weighted by atomic mass is 16.5. The number of aliphatic imine (C=N–C) groups is 1. The molecule has 0 bridgehead atoms. The van der Waals surface area contributed by atoms with Crippen molar-refractivity contribution in [3.63, 3.8) is 0 Å². The molecule has 1 fully saturated rings. The highest BCUT2D eigenvalue weighted by molar-refractivity contribution is 5.79. The molecule has 148 valence electrons. The summed E-state index contributed by atoms with van der Waals surface area (Å²) in [5, 5.41) is 19.9. The van der Waals surface area contributed by atoms with E-state index in [1.54, 1.807) is 0 Å². The number of hydrogen-bond acceptors (Lipinski definition) is 6. The fraction of sp³-hybridized carbons (Fsp3) is 0.833. The van der Waals surface area contributed by atoms with E-state index in [-0.39, 0.29) is 17.9 Å². The third kappa shape index (κ3) is 6.25. The van der Waals surface area contributed by atoms with Crippen LogP contribution in [0, 0.1) is 5.41 Å². The quantitative estimate of drug-likeness (QED) is 0.327. The number of nitrogens with zero attached hydrogens (tertiary/aromatic N) is 3. The van der Waals surface area contributed by atoms with Gasteiger partial charge in [0.25, 0.3) is 0 Å². The fourth-order valence-electron chi connectivity index (χ4n) is 2.93. The highest BCUT2D eigenvalue weighted by Crippen LogP contribution is 2.32. The smallest absolute Gasteiger partial charge is 0.226 e. The number of aromatic nitrogens is 2. The minimum absolute atomic E-state index is 0.0336. The van der Waals surface area contributed by atoms with Crippen LogP contribution >= 0.6 is 0 Å². The van der Waals surface area contributed by atoms with Gasteiger partial charge in [0.1, 0.15) is 0 Å². The molecule has 2 rings (SSSR count). The summed E-state index contributed by atoms with van der Waals surface area (Å²) in [5.41, 5.74) is -0.0336. The van der Waals surface area contributed by atoms with Gasteiger partial charge in [0.05, 0.1) is 13.2 Å².